The SMILES string of the molecule is O=S(=O)(Cc1ccc(F)cc1)NC[C@@H](c1ccsc1)N1CCOCC1. The van der Waals surface area contributed by atoms with Gasteiger partial charge >= 0.3 is 0 Å². The normalized spacial score (nSPS) is 17.5. The largest absolute Gasteiger partial charge is 0.379 e. The molecule has 1 N–H and O–H groups in total. The van der Waals surface area contributed by atoms with Gasteiger partial charge in [0.05, 0.1) is 19.0 Å². The van der Waals surface area contributed by atoms with Crippen molar-refractivity contribution >= 4 is 21.4 Å². The molecule has 25 heavy (non-hydrogen) atoms. The molecule has 5 nitrogen and oxygen atoms in total. The van der Waals surface area contributed by atoms with Gasteiger partial charge in [0.25, 0.3) is 0 Å². The summed E-state index contributed by atoms with van der Waals surface area (Å²) in [4.78, 5) is 2.24. The van der Waals surface area contributed by atoms with Gasteiger partial charge in [0.2, 0.25) is 10.0 Å². The van der Waals surface area contributed by atoms with Gasteiger partial charge in [-0.05, 0) is 40.1 Å². The van der Waals surface area contributed by atoms with E-state index in [0.29, 0.717) is 25.3 Å². The zero-order valence-electron chi connectivity index (χ0n) is 13.7. The lowest BCUT2D eigenvalue weighted by Gasteiger charge is -2.34. The van der Waals surface area contributed by atoms with Crippen LogP contribution in [0, 0.1) is 5.82 Å². The first-order valence-electron chi connectivity index (χ1n) is 8.09. The summed E-state index contributed by atoms with van der Waals surface area (Å²) in [6, 6.07) is 7.54. The second kappa shape index (κ2) is 8.37. The fourth-order valence-corrected chi connectivity index (χ4v) is 4.72. The molecule has 0 saturated carbocycles. The third-order valence-electron chi connectivity index (χ3n) is 4.18. The van der Waals surface area contributed by atoms with E-state index in [1.807, 2.05) is 11.4 Å². The first-order valence-corrected chi connectivity index (χ1v) is 10.7. The highest BCUT2D eigenvalue weighted by molar-refractivity contribution is 7.88. The Bertz CT molecular complexity index is 758. The highest BCUT2D eigenvalue weighted by Crippen LogP contribution is 2.23. The van der Waals surface area contributed by atoms with Crippen molar-refractivity contribution in [3.8, 4) is 0 Å². The quantitative estimate of drug-likeness (QED) is 0.796. The van der Waals surface area contributed by atoms with Crippen molar-refractivity contribution in [3.05, 3.63) is 58.0 Å². The van der Waals surface area contributed by atoms with Crippen LogP contribution in [0.15, 0.2) is 41.1 Å². The number of sulfonamides is 1. The Kier molecular flexibility index (Phi) is 6.19. The summed E-state index contributed by atoms with van der Waals surface area (Å²) in [7, 11) is -3.50. The molecule has 1 aromatic heterocycles. The summed E-state index contributed by atoms with van der Waals surface area (Å²) in [6.45, 7) is 3.17. The minimum absolute atomic E-state index is 0.0156. The van der Waals surface area contributed by atoms with E-state index in [1.165, 1.54) is 24.3 Å². The second-order valence-electron chi connectivity index (χ2n) is 5.95. The molecule has 2 aromatic rings. The van der Waals surface area contributed by atoms with E-state index in [2.05, 4.69) is 15.0 Å². The van der Waals surface area contributed by atoms with Gasteiger partial charge in [-0.3, -0.25) is 4.90 Å². The molecular weight excluding hydrogens is 363 g/mol. The maximum Gasteiger partial charge on any atom is 0.215 e. The molecule has 1 aliphatic heterocycles. The first kappa shape index (κ1) is 18.5. The van der Waals surface area contributed by atoms with Crippen LogP contribution in [-0.2, 0) is 20.5 Å². The van der Waals surface area contributed by atoms with E-state index in [-0.39, 0.29) is 17.6 Å². The Morgan fingerprint density at radius 1 is 1.20 bits per heavy atom. The number of thiophene rings is 1. The van der Waals surface area contributed by atoms with Crippen molar-refractivity contribution in [1.82, 2.24) is 9.62 Å². The number of ether oxygens (including phenoxy) is 1. The lowest BCUT2D eigenvalue weighted by molar-refractivity contribution is 0.0173. The van der Waals surface area contributed by atoms with Gasteiger partial charge in [0.15, 0.2) is 0 Å². The fraction of sp³-hybridized carbons (Fsp3) is 0.412. The molecule has 1 atom stereocenters. The summed E-state index contributed by atoms with van der Waals surface area (Å²) in [5.74, 6) is -0.536. The van der Waals surface area contributed by atoms with Crippen LogP contribution in [0.3, 0.4) is 0 Å². The molecule has 0 amide bonds. The van der Waals surface area contributed by atoms with Crippen molar-refractivity contribution in [3.63, 3.8) is 0 Å². The number of nitrogens with one attached hydrogen (secondary N) is 1. The number of halogens is 1. The maximum absolute atomic E-state index is 13.0. The standard InChI is InChI=1S/C17H21FN2O3S2/c18-16-3-1-14(2-4-16)13-25(21,22)19-11-17(15-5-10-24-12-15)20-6-8-23-9-7-20/h1-5,10,12,17,19H,6-9,11,13H2/t17-/m0/s1. The predicted molar refractivity (Wildman–Crippen MR) is 96.5 cm³/mol. The predicted octanol–water partition coefficient (Wildman–Crippen LogP) is 2.38. The molecule has 0 bridgehead atoms. The molecule has 1 fully saturated rings. The van der Waals surface area contributed by atoms with Crippen molar-refractivity contribution in [2.24, 2.45) is 0 Å². The van der Waals surface area contributed by atoms with Crippen molar-refractivity contribution in [2.45, 2.75) is 11.8 Å². The Hall–Kier alpha value is -1.32. The van der Waals surface area contributed by atoms with E-state index in [0.717, 1.165) is 18.7 Å². The van der Waals surface area contributed by atoms with Crippen LogP contribution in [0.4, 0.5) is 4.39 Å². The lowest BCUT2D eigenvalue weighted by Crippen LogP contribution is -2.43. The molecule has 0 aliphatic carbocycles. The summed E-state index contributed by atoms with van der Waals surface area (Å²) in [6.07, 6.45) is 0. The summed E-state index contributed by atoms with van der Waals surface area (Å²) < 4.78 is 45.9. The van der Waals surface area contributed by atoms with Crippen LogP contribution in [0.5, 0.6) is 0 Å². The van der Waals surface area contributed by atoms with Crippen molar-refractivity contribution in [1.29, 1.82) is 0 Å². The van der Waals surface area contributed by atoms with Crippen LogP contribution in [0.1, 0.15) is 17.2 Å². The van der Waals surface area contributed by atoms with Gasteiger partial charge in [-0.1, -0.05) is 12.1 Å². The van der Waals surface area contributed by atoms with E-state index >= 15 is 0 Å². The number of rotatable bonds is 7. The summed E-state index contributed by atoms with van der Waals surface area (Å²) in [5.41, 5.74) is 1.67. The minimum Gasteiger partial charge on any atom is -0.379 e. The molecule has 1 aromatic carbocycles. The van der Waals surface area contributed by atoms with Gasteiger partial charge in [-0.25, -0.2) is 17.5 Å². The summed E-state index contributed by atoms with van der Waals surface area (Å²) >= 11 is 1.60. The van der Waals surface area contributed by atoms with Gasteiger partial charge in [0, 0.05) is 25.7 Å². The number of morpholine rings is 1. The van der Waals surface area contributed by atoms with Crippen LogP contribution in [0.2, 0.25) is 0 Å². The van der Waals surface area contributed by atoms with Gasteiger partial charge in [-0.15, -0.1) is 0 Å². The second-order valence-corrected chi connectivity index (χ2v) is 8.54. The molecule has 3 rings (SSSR count). The monoisotopic (exact) mass is 384 g/mol. The molecule has 1 saturated heterocycles. The van der Waals surface area contributed by atoms with Gasteiger partial charge < -0.3 is 4.74 Å². The fourth-order valence-electron chi connectivity index (χ4n) is 2.87. The van der Waals surface area contributed by atoms with Crippen molar-refractivity contribution < 1.29 is 17.5 Å². The van der Waals surface area contributed by atoms with E-state index in [9.17, 15) is 12.8 Å². The topological polar surface area (TPSA) is 58.6 Å². The molecule has 0 radical (unpaired) electrons. The number of hydrogen-bond donors (Lipinski definition) is 1. The number of nitrogens with zero attached hydrogens (tertiary/aromatic N) is 1. The van der Waals surface area contributed by atoms with E-state index in [1.54, 1.807) is 11.3 Å². The highest BCUT2D eigenvalue weighted by Gasteiger charge is 2.24. The zero-order chi connectivity index (χ0) is 17.7. The van der Waals surface area contributed by atoms with Crippen LogP contribution < -0.4 is 4.72 Å². The highest BCUT2D eigenvalue weighted by atomic mass is 32.2. The molecule has 0 spiro atoms. The third kappa shape index (κ3) is 5.32. The van der Waals surface area contributed by atoms with E-state index < -0.39 is 10.0 Å². The van der Waals surface area contributed by atoms with Crippen LogP contribution >= 0.6 is 11.3 Å². The lowest BCUT2D eigenvalue weighted by atomic mass is 10.1. The Morgan fingerprint density at radius 2 is 1.92 bits per heavy atom. The van der Waals surface area contributed by atoms with Crippen molar-refractivity contribution in [2.75, 3.05) is 32.8 Å². The van der Waals surface area contributed by atoms with Crippen LogP contribution in [0.25, 0.3) is 0 Å². The molecular formula is C17H21FN2O3S2. The smallest absolute Gasteiger partial charge is 0.215 e. The van der Waals surface area contributed by atoms with Gasteiger partial charge in [-0.2, -0.15) is 11.3 Å². The zero-order valence-corrected chi connectivity index (χ0v) is 15.4. The Morgan fingerprint density at radius 3 is 2.56 bits per heavy atom. The van der Waals surface area contributed by atoms with E-state index in [4.69, 9.17) is 4.74 Å². The molecule has 8 heteroatoms. The average Bonchev–Trinajstić information content (AvgIpc) is 3.12. The minimum atomic E-state index is -3.50. The Balaban J connectivity index is 1.66. The molecule has 1 aliphatic rings. The number of benzene rings is 1. The maximum atomic E-state index is 13.0. The first-order chi connectivity index (χ1) is 12.0. The third-order valence-corrected chi connectivity index (χ3v) is 6.20. The Labute approximate surface area is 151 Å². The molecule has 2 heterocycles. The number of hydrogen-bond acceptors (Lipinski definition) is 5. The van der Waals surface area contributed by atoms with Gasteiger partial charge in [0.1, 0.15) is 5.82 Å². The van der Waals surface area contributed by atoms with Crippen LogP contribution in [-0.4, -0.2) is 46.2 Å². The average molecular weight is 384 g/mol. The summed E-state index contributed by atoms with van der Waals surface area (Å²) in [5, 5.41) is 4.05. The molecule has 136 valence electrons. The molecule has 0 unspecified atom stereocenters.